The van der Waals surface area contributed by atoms with E-state index in [4.69, 9.17) is 0 Å². The molecule has 3 rings (SSSR count). The van der Waals surface area contributed by atoms with Crippen LogP contribution in [0.5, 0.6) is 0 Å². The van der Waals surface area contributed by atoms with Gasteiger partial charge >= 0.3 is 0 Å². The molecule has 2 heterocycles. The Bertz CT molecular complexity index is 580. The van der Waals surface area contributed by atoms with Crippen LogP contribution in [0.1, 0.15) is 12.0 Å². The van der Waals surface area contributed by atoms with Crippen molar-refractivity contribution in [1.82, 2.24) is 9.80 Å². The first kappa shape index (κ1) is 15.5. The number of hydrogen-bond acceptors (Lipinski definition) is 4. The molecule has 0 amide bonds. The first-order valence-electron chi connectivity index (χ1n) is 7.43. The van der Waals surface area contributed by atoms with E-state index in [1.54, 1.807) is 0 Å². The molecule has 0 unspecified atom stereocenters. The molecule has 6 heteroatoms. The number of nitrogens with zero attached hydrogens (tertiary/aromatic N) is 2. The highest BCUT2D eigenvalue weighted by atomic mass is 79.9. The molecule has 1 atom stereocenters. The van der Waals surface area contributed by atoms with Crippen molar-refractivity contribution in [2.75, 3.05) is 37.7 Å². The van der Waals surface area contributed by atoms with Crippen LogP contribution in [0.2, 0.25) is 0 Å². The van der Waals surface area contributed by atoms with Gasteiger partial charge in [-0.1, -0.05) is 28.1 Å². The van der Waals surface area contributed by atoms with E-state index in [1.165, 1.54) is 5.56 Å². The monoisotopic (exact) mass is 372 g/mol. The summed E-state index contributed by atoms with van der Waals surface area (Å²) < 4.78 is 24.3. The van der Waals surface area contributed by atoms with Crippen LogP contribution in [0.3, 0.4) is 0 Å². The van der Waals surface area contributed by atoms with Crippen molar-refractivity contribution in [3.63, 3.8) is 0 Å². The molecule has 0 spiro atoms. The van der Waals surface area contributed by atoms with E-state index < -0.39 is 9.84 Å². The topological polar surface area (TPSA) is 40.6 Å². The van der Waals surface area contributed by atoms with E-state index in [9.17, 15) is 8.42 Å². The maximum Gasteiger partial charge on any atom is 0.151 e. The molecular formula is C15H21BrN2O2S. The van der Waals surface area contributed by atoms with Gasteiger partial charge in [0, 0.05) is 43.2 Å². The molecule has 2 saturated heterocycles. The average molecular weight is 373 g/mol. The minimum absolute atomic E-state index is 0.254. The summed E-state index contributed by atoms with van der Waals surface area (Å²) in [5, 5.41) is 0. The second-order valence-corrected chi connectivity index (χ2v) is 9.14. The lowest BCUT2D eigenvalue weighted by Crippen LogP contribution is -2.50. The van der Waals surface area contributed by atoms with Crippen LogP contribution in [-0.4, -0.2) is 61.9 Å². The second-order valence-electron chi connectivity index (χ2n) is 6.00. The molecule has 0 aromatic heterocycles. The third-order valence-electron chi connectivity index (χ3n) is 4.45. The van der Waals surface area contributed by atoms with Crippen molar-refractivity contribution in [3.05, 3.63) is 34.3 Å². The van der Waals surface area contributed by atoms with Gasteiger partial charge in [0.2, 0.25) is 0 Å². The van der Waals surface area contributed by atoms with Gasteiger partial charge in [-0.05, 0) is 24.1 Å². The number of rotatable bonds is 3. The van der Waals surface area contributed by atoms with Crippen molar-refractivity contribution >= 4 is 25.8 Å². The quantitative estimate of drug-likeness (QED) is 0.810. The lowest BCUT2D eigenvalue weighted by atomic mass is 10.1. The van der Waals surface area contributed by atoms with E-state index in [1.807, 2.05) is 0 Å². The Morgan fingerprint density at radius 2 is 1.76 bits per heavy atom. The standard InChI is InChI=1S/C15H21BrN2O2S/c16-14-3-1-13(2-4-14)11-17-6-8-18(9-7-17)15-5-10-21(19,20)12-15/h1-4,15H,5-12H2/t15-/m0/s1. The number of hydrogen-bond donors (Lipinski definition) is 0. The molecule has 0 aliphatic carbocycles. The van der Waals surface area contributed by atoms with Gasteiger partial charge in [0.25, 0.3) is 0 Å². The fourth-order valence-electron chi connectivity index (χ4n) is 3.20. The third kappa shape index (κ3) is 4.06. The van der Waals surface area contributed by atoms with Crippen LogP contribution >= 0.6 is 15.9 Å². The number of halogens is 1. The van der Waals surface area contributed by atoms with Crippen LogP contribution in [0.4, 0.5) is 0 Å². The Morgan fingerprint density at radius 3 is 2.33 bits per heavy atom. The normalized spacial score (nSPS) is 27.0. The summed E-state index contributed by atoms with van der Waals surface area (Å²) in [4.78, 5) is 4.81. The predicted octanol–water partition coefficient (Wildman–Crippen LogP) is 1.75. The van der Waals surface area contributed by atoms with Crippen molar-refractivity contribution < 1.29 is 8.42 Å². The van der Waals surface area contributed by atoms with E-state index >= 15 is 0 Å². The van der Waals surface area contributed by atoms with Gasteiger partial charge in [-0.3, -0.25) is 9.80 Å². The number of sulfone groups is 1. The van der Waals surface area contributed by atoms with E-state index in [2.05, 4.69) is 50.0 Å². The van der Waals surface area contributed by atoms with Gasteiger partial charge in [-0.15, -0.1) is 0 Å². The van der Waals surface area contributed by atoms with E-state index in [0.29, 0.717) is 11.5 Å². The largest absolute Gasteiger partial charge is 0.297 e. The Balaban J connectivity index is 1.50. The predicted molar refractivity (Wildman–Crippen MR) is 88.1 cm³/mol. The molecule has 21 heavy (non-hydrogen) atoms. The van der Waals surface area contributed by atoms with Crippen LogP contribution in [-0.2, 0) is 16.4 Å². The molecule has 0 N–H and O–H groups in total. The summed E-state index contributed by atoms with van der Waals surface area (Å²) in [6.07, 6.45) is 0.815. The minimum atomic E-state index is -2.77. The van der Waals surface area contributed by atoms with E-state index in [-0.39, 0.29) is 6.04 Å². The van der Waals surface area contributed by atoms with Gasteiger partial charge in [-0.2, -0.15) is 0 Å². The summed E-state index contributed by atoms with van der Waals surface area (Å²) in [6, 6.07) is 8.72. The van der Waals surface area contributed by atoms with Crippen LogP contribution in [0, 0.1) is 0 Å². The molecule has 2 aliphatic rings. The summed E-state index contributed by atoms with van der Waals surface area (Å²) in [6.45, 7) is 4.98. The molecule has 0 bridgehead atoms. The lowest BCUT2D eigenvalue weighted by molar-refractivity contribution is 0.100. The molecular weight excluding hydrogens is 352 g/mol. The molecule has 0 radical (unpaired) electrons. The second kappa shape index (κ2) is 6.36. The van der Waals surface area contributed by atoms with E-state index in [0.717, 1.165) is 43.6 Å². The van der Waals surface area contributed by atoms with Crippen molar-refractivity contribution in [3.8, 4) is 0 Å². The van der Waals surface area contributed by atoms with Gasteiger partial charge in [0.1, 0.15) is 0 Å². The Morgan fingerprint density at radius 1 is 1.10 bits per heavy atom. The first-order valence-corrected chi connectivity index (χ1v) is 10.0. The molecule has 4 nitrogen and oxygen atoms in total. The van der Waals surface area contributed by atoms with Crippen LogP contribution in [0.15, 0.2) is 28.7 Å². The maximum absolute atomic E-state index is 11.6. The van der Waals surface area contributed by atoms with Gasteiger partial charge in [0.15, 0.2) is 9.84 Å². The lowest BCUT2D eigenvalue weighted by Gasteiger charge is -2.37. The van der Waals surface area contributed by atoms with Gasteiger partial charge in [-0.25, -0.2) is 8.42 Å². The van der Waals surface area contributed by atoms with Gasteiger partial charge < -0.3 is 0 Å². The Hall–Kier alpha value is -0.430. The van der Waals surface area contributed by atoms with Crippen molar-refractivity contribution in [2.45, 2.75) is 19.0 Å². The fraction of sp³-hybridized carbons (Fsp3) is 0.600. The highest BCUT2D eigenvalue weighted by Crippen LogP contribution is 2.20. The Labute approximate surface area is 135 Å². The summed E-state index contributed by atoms with van der Waals surface area (Å²) in [5.41, 5.74) is 1.33. The molecule has 0 saturated carbocycles. The molecule has 1 aromatic carbocycles. The smallest absolute Gasteiger partial charge is 0.151 e. The fourth-order valence-corrected chi connectivity index (χ4v) is 5.22. The maximum atomic E-state index is 11.6. The Kier molecular flexibility index (Phi) is 4.69. The number of piperazine rings is 1. The minimum Gasteiger partial charge on any atom is -0.297 e. The number of benzene rings is 1. The molecule has 2 fully saturated rings. The SMILES string of the molecule is O=S1(=O)CC[C@H](N2CCN(Cc3ccc(Br)cc3)CC2)C1. The average Bonchev–Trinajstić information content (AvgIpc) is 2.83. The third-order valence-corrected chi connectivity index (χ3v) is 6.73. The first-order chi connectivity index (χ1) is 10.0. The zero-order valence-electron chi connectivity index (χ0n) is 12.0. The van der Waals surface area contributed by atoms with Crippen molar-refractivity contribution in [1.29, 1.82) is 0 Å². The van der Waals surface area contributed by atoms with Crippen molar-refractivity contribution in [2.24, 2.45) is 0 Å². The summed E-state index contributed by atoms with van der Waals surface area (Å²) >= 11 is 3.46. The zero-order chi connectivity index (χ0) is 14.9. The zero-order valence-corrected chi connectivity index (χ0v) is 14.4. The highest BCUT2D eigenvalue weighted by Gasteiger charge is 2.33. The summed E-state index contributed by atoms with van der Waals surface area (Å²) in [7, 11) is -2.77. The summed E-state index contributed by atoms with van der Waals surface area (Å²) in [5.74, 6) is 0.733. The molecule has 1 aromatic rings. The van der Waals surface area contributed by atoms with Crippen LogP contribution in [0.25, 0.3) is 0 Å². The van der Waals surface area contributed by atoms with Gasteiger partial charge in [0.05, 0.1) is 11.5 Å². The molecule has 2 aliphatic heterocycles. The highest BCUT2D eigenvalue weighted by molar-refractivity contribution is 9.10. The van der Waals surface area contributed by atoms with Crippen LogP contribution < -0.4 is 0 Å². The molecule has 116 valence electrons.